The van der Waals surface area contributed by atoms with E-state index in [0.717, 1.165) is 34.0 Å². The molecule has 0 unspecified atom stereocenters. The molecule has 0 bridgehead atoms. The van der Waals surface area contributed by atoms with Gasteiger partial charge in [-0.3, -0.25) is 4.79 Å². The molecular formula is C25H23N3O5S. The minimum absolute atomic E-state index is 0.0135. The highest BCUT2D eigenvalue weighted by Crippen LogP contribution is 2.44. The topological polar surface area (TPSA) is 145 Å². The molecule has 0 fully saturated rings. The van der Waals surface area contributed by atoms with Crippen molar-refractivity contribution in [1.82, 2.24) is 5.32 Å². The third kappa shape index (κ3) is 4.84. The molecule has 1 aliphatic rings. The fourth-order valence-corrected chi connectivity index (χ4v) is 4.93. The molecule has 0 aromatic heterocycles. The Balaban J connectivity index is 1.38. The number of primary amides is 1. The quantitative estimate of drug-likeness (QED) is 0.287. The second kappa shape index (κ2) is 9.88. The molecule has 0 aliphatic heterocycles. The first kappa shape index (κ1) is 23.2. The van der Waals surface area contributed by atoms with Gasteiger partial charge in [-0.05, 0) is 40.5 Å². The largest absolute Gasteiger partial charge is 0.480 e. The Labute approximate surface area is 200 Å². The van der Waals surface area contributed by atoms with Crippen molar-refractivity contribution in [2.45, 2.75) is 16.9 Å². The number of thioether (sulfide) groups is 1. The number of rotatable bonds is 8. The monoisotopic (exact) mass is 477 g/mol. The number of carbonyl (C=O) groups excluding carboxylic acids is 2. The summed E-state index contributed by atoms with van der Waals surface area (Å²) in [7, 11) is 0. The van der Waals surface area contributed by atoms with Gasteiger partial charge in [-0.25, -0.2) is 9.59 Å². The molecule has 1 aliphatic carbocycles. The first-order chi connectivity index (χ1) is 16.3. The standard InChI is InChI=1S/C25H23N3O5S/c26-20-11-14(23(27)29)9-10-22(20)34-13-21(24(30)31)28-25(32)33-12-19-17-7-3-1-5-15(17)16-6-2-4-8-18(16)19/h1-11,19,21H,12-13,26H2,(H2,27,29)(H,28,32)(H,30,31)/t21-/m0/s1. The van der Waals surface area contributed by atoms with Crippen LogP contribution in [0.25, 0.3) is 11.1 Å². The molecule has 0 saturated carbocycles. The number of nitrogens with one attached hydrogen (secondary N) is 1. The summed E-state index contributed by atoms with van der Waals surface area (Å²) < 4.78 is 5.44. The van der Waals surface area contributed by atoms with Gasteiger partial charge in [-0.2, -0.15) is 0 Å². The van der Waals surface area contributed by atoms with Crippen molar-refractivity contribution in [1.29, 1.82) is 0 Å². The minimum atomic E-state index is -1.20. The molecule has 8 nitrogen and oxygen atoms in total. The van der Waals surface area contributed by atoms with Crippen molar-refractivity contribution in [3.05, 3.63) is 83.4 Å². The van der Waals surface area contributed by atoms with Crippen LogP contribution in [0.15, 0.2) is 71.6 Å². The summed E-state index contributed by atoms with van der Waals surface area (Å²) in [6, 6.07) is 19.2. The summed E-state index contributed by atoms with van der Waals surface area (Å²) in [6.45, 7) is 0.0842. The molecule has 0 radical (unpaired) electrons. The molecular weight excluding hydrogens is 454 g/mol. The van der Waals surface area contributed by atoms with Crippen LogP contribution in [0.4, 0.5) is 10.5 Å². The molecule has 3 aromatic carbocycles. The van der Waals surface area contributed by atoms with Gasteiger partial charge in [0, 0.05) is 27.8 Å². The highest BCUT2D eigenvalue weighted by atomic mass is 32.2. The van der Waals surface area contributed by atoms with E-state index in [-0.39, 0.29) is 23.8 Å². The van der Waals surface area contributed by atoms with Gasteiger partial charge < -0.3 is 26.6 Å². The smallest absolute Gasteiger partial charge is 0.407 e. The second-order valence-electron chi connectivity index (χ2n) is 7.79. The maximum atomic E-state index is 12.5. The average Bonchev–Trinajstić information content (AvgIpc) is 3.14. The van der Waals surface area contributed by atoms with Gasteiger partial charge in [0.15, 0.2) is 0 Å². The average molecular weight is 478 g/mol. The third-order valence-corrected chi connectivity index (χ3v) is 6.82. The molecule has 4 rings (SSSR count). The summed E-state index contributed by atoms with van der Waals surface area (Å²) in [5, 5.41) is 12.0. The van der Waals surface area contributed by atoms with Gasteiger partial charge in [-0.15, -0.1) is 11.8 Å². The van der Waals surface area contributed by atoms with E-state index >= 15 is 0 Å². The number of nitrogens with two attached hydrogens (primary N) is 2. The lowest BCUT2D eigenvalue weighted by Gasteiger charge is -2.17. The summed E-state index contributed by atoms with van der Waals surface area (Å²) in [5.74, 6) is -1.92. The Bertz CT molecular complexity index is 1220. The lowest BCUT2D eigenvalue weighted by Crippen LogP contribution is -2.43. The Morgan fingerprint density at radius 1 is 1.00 bits per heavy atom. The molecule has 174 valence electrons. The van der Waals surface area contributed by atoms with Gasteiger partial charge in [-0.1, -0.05) is 48.5 Å². The van der Waals surface area contributed by atoms with Crippen molar-refractivity contribution < 1.29 is 24.2 Å². The van der Waals surface area contributed by atoms with Crippen molar-refractivity contribution in [2.75, 3.05) is 18.1 Å². The first-order valence-corrected chi connectivity index (χ1v) is 11.5. The molecule has 1 atom stereocenters. The zero-order valence-electron chi connectivity index (χ0n) is 18.1. The van der Waals surface area contributed by atoms with Gasteiger partial charge >= 0.3 is 12.1 Å². The molecule has 34 heavy (non-hydrogen) atoms. The number of hydrogen-bond acceptors (Lipinski definition) is 6. The summed E-state index contributed by atoms with van der Waals surface area (Å²) in [5.41, 5.74) is 16.1. The predicted octanol–water partition coefficient (Wildman–Crippen LogP) is 3.45. The second-order valence-corrected chi connectivity index (χ2v) is 8.85. The number of ether oxygens (including phenoxy) is 1. The Morgan fingerprint density at radius 3 is 2.18 bits per heavy atom. The highest BCUT2D eigenvalue weighted by molar-refractivity contribution is 7.99. The van der Waals surface area contributed by atoms with Crippen LogP contribution in [0.5, 0.6) is 0 Å². The number of anilines is 1. The van der Waals surface area contributed by atoms with Crippen molar-refractivity contribution >= 4 is 35.4 Å². The Hall–Kier alpha value is -3.98. The number of alkyl carbamates (subject to hydrolysis) is 1. The number of benzene rings is 3. The molecule has 0 saturated heterocycles. The molecule has 0 heterocycles. The molecule has 6 N–H and O–H groups in total. The van der Waals surface area contributed by atoms with Crippen LogP contribution < -0.4 is 16.8 Å². The molecule has 3 aromatic rings. The van der Waals surface area contributed by atoms with E-state index in [1.54, 1.807) is 6.07 Å². The van der Waals surface area contributed by atoms with Crippen LogP contribution in [0.2, 0.25) is 0 Å². The van der Waals surface area contributed by atoms with E-state index in [2.05, 4.69) is 5.32 Å². The normalized spacial score (nSPS) is 12.9. The summed E-state index contributed by atoms with van der Waals surface area (Å²) in [4.78, 5) is 36.0. The van der Waals surface area contributed by atoms with Gasteiger partial charge in [0.1, 0.15) is 12.6 Å². The van der Waals surface area contributed by atoms with Crippen LogP contribution in [0.1, 0.15) is 27.4 Å². The zero-order valence-corrected chi connectivity index (χ0v) is 18.9. The third-order valence-electron chi connectivity index (χ3n) is 5.63. The number of hydrogen-bond donors (Lipinski definition) is 4. The van der Waals surface area contributed by atoms with E-state index in [1.165, 1.54) is 12.1 Å². The lowest BCUT2D eigenvalue weighted by atomic mass is 9.98. The summed E-state index contributed by atoms with van der Waals surface area (Å²) in [6.07, 6.45) is -0.813. The van der Waals surface area contributed by atoms with Gasteiger partial charge in [0.05, 0.1) is 0 Å². The maximum Gasteiger partial charge on any atom is 0.407 e. The van der Waals surface area contributed by atoms with E-state index < -0.39 is 24.0 Å². The Kier molecular flexibility index (Phi) is 6.74. The summed E-state index contributed by atoms with van der Waals surface area (Å²) >= 11 is 1.14. The number of carbonyl (C=O) groups is 3. The van der Waals surface area contributed by atoms with E-state index in [9.17, 15) is 19.5 Å². The van der Waals surface area contributed by atoms with Gasteiger partial charge in [0.25, 0.3) is 0 Å². The molecule has 9 heteroatoms. The number of amides is 2. The molecule has 0 spiro atoms. The van der Waals surface area contributed by atoms with Crippen LogP contribution in [-0.2, 0) is 9.53 Å². The minimum Gasteiger partial charge on any atom is -0.480 e. The lowest BCUT2D eigenvalue weighted by molar-refractivity contribution is -0.138. The SMILES string of the molecule is NC(=O)c1ccc(SC[C@H](NC(=O)OCC2c3ccccc3-c3ccccc32)C(=O)O)c(N)c1. The number of carboxylic acid groups (broad SMARTS) is 1. The van der Waals surface area contributed by atoms with Crippen molar-refractivity contribution in [2.24, 2.45) is 5.73 Å². The number of nitrogen functional groups attached to an aromatic ring is 1. The fraction of sp³-hybridized carbons (Fsp3) is 0.160. The maximum absolute atomic E-state index is 12.5. The zero-order chi connectivity index (χ0) is 24.2. The van der Waals surface area contributed by atoms with Crippen LogP contribution in [-0.4, -0.2) is 41.5 Å². The van der Waals surface area contributed by atoms with E-state index in [0.29, 0.717) is 10.6 Å². The molecule has 2 amide bonds. The number of carboxylic acids is 1. The first-order valence-electron chi connectivity index (χ1n) is 10.5. The van der Waals surface area contributed by atoms with Gasteiger partial charge in [0.2, 0.25) is 5.91 Å². The highest BCUT2D eigenvalue weighted by Gasteiger charge is 2.29. The number of aliphatic carboxylic acids is 1. The fourth-order valence-electron chi connectivity index (χ4n) is 3.96. The van der Waals surface area contributed by atoms with Crippen LogP contribution in [0.3, 0.4) is 0 Å². The van der Waals surface area contributed by atoms with Crippen LogP contribution in [0, 0.1) is 0 Å². The number of fused-ring (bicyclic) bond motifs is 3. The van der Waals surface area contributed by atoms with Crippen molar-refractivity contribution in [3.8, 4) is 11.1 Å². The van der Waals surface area contributed by atoms with Crippen molar-refractivity contribution in [3.63, 3.8) is 0 Å². The van der Waals surface area contributed by atoms with Crippen LogP contribution >= 0.6 is 11.8 Å². The Morgan fingerprint density at radius 2 is 1.62 bits per heavy atom. The van der Waals surface area contributed by atoms with E-state index in [1.807, 2.05) is 48.5 Å². The van der Waals surface area contributed by atoms with E-state index in [4.69, 9.17) is 16.2 Å². The predicted molar refractivity (Wildman–Crippen MR) is 130 cm³/mol.